The molecule has 0 radical (unpaired) electrons. The van der Waals surface area contributed by atoms with Crippen molar-refractivity contribution in [1.29, 1.82) is 0 Å². The molecule has 0 aromatic carbocycles. The Morgan fingerprint density at radius 1 is 1.17 bits per heavy atom. The summed E-state index contributed by atoms with van der Waals surface area (Å²) < 4.78 is 0. The van der Waals surface area contributed by atoms with Crippen LogP contribution in [0.25, 0.3) is 0 Å². The van der Waals surface area contributed by atoms with Gasteiger partial charge in [0.2, 0.25) is 0 Å². The minimum absolute atomic E-state index is 0.371. The Balaban J connectivity index is 3.65. The summed E-state index contributed by atoms with van der Waals surface area (Å²) in [6.07, 6.45) is 11.0. The van der Waals surface area contributed by atoms with E-state index in [4.69, 9.17) is 5.11 Å². The first-order chi connectivity index (χ1) is 5.81. The van der Waals surface area contributed by atoms with Crippen LogP contribution in [0.4, 0.5) is 0 Å². The zero-order valence-corrected chi connectivity index (χ0v) is 7.18. The molecule has 0 aromatic heterocycles. The van der Waals surface area contributed by atoms with Crippen LogP contribution in [0.3, 0.4) is 0 Å². The van der Waals surface area contributed by atoms with Gasteiger partial charge in [-0.15, -0.1) is 0 Å². The number of aliphatic hydroxyl groups is 1. The van der Waals surface area contributed by atoms with Crippen molar-refractivity contribution in [3.8, 4) is 0 Å². The zero-order valence-electron chi connectivity index (χ0n) is 7.18. The average molecular weight is 166 g/mol. The van der Waals surface area contributed by atoms with E-state index in [9.17, 15) is 4.79 Å². The highest BCUT2D eigenvalue weighted by Crippen LogP contribution is 1.91. The molecule has 66 valence electrons. The Morgan fingerprint density at radius 2 is 1.75 bits per heavy atom. The van der Waals surface area contributed by atoms with Crippen molar-refractivity contribution >= 4 is 6.29 Å². The van der Waals surface area contributed by atoms with Crippen LogP contribution in [0.5, 0.6) is 0 Å². The van der Waals surface area contributed by atoms with Crippen LogP contribution in [0.15, 0.2) is 36.5 Å². The molecule has 12 heavy (non-hydrogen) atoms. The average Bonchev–Trinajstić information content (AvgIpc) is 2.10. The van der Waals surface area contributed by atoms with Crippen LogP contribution < -0.4 is 0 Å². The fraction of sp³-hybridized carbons (Fsp3) is 0.300. The van der Waals surface area contributed by atoms with E-state index in [1.165, 1.54) is 6.08 Å². The molecule has 0 saturated carbocycles. The molecule has 0 aliphatic heterocycles. The van der Waals surface area contributed by atoms with Crippen LogP contribution in [0.1, 0.15) is 13.3 Å². The molecule has 0 saturated heterocycles. The summed E-state index contributed by atoms with van der Waals surface area (Å²) in [4.78, 5) is 9.81. The van der Waals surface area contributed by atoms with E-state index >= 15 is 0 Å². The smallest absolute Gasteiger partial charge is 0.142 e. The van der Waals surface area contributed by atoms with Crippen molar-refractivity contribution in [2.24, 2.45) is 0 Å². The van der Waals surface area contributed by atoms with Crippen LogP contribution in [-0.2, 0) is 4.79 Å². The molecule has 0 unspecified atom stereocenters. The molecule has 1 N–H and O–H groups in total. The largest absolute Gasteiger partial charge is 0.389 e. The molecular weight excluding hydrogens is 152 g/mol. The summed E-state index contributed by atoms with van der Waals surface area (Å²) in [5.41, 5.74) is 0. The standard InChI is InChI=1S/C10H14O2/c1-2-10(12)8-6-4-3-5-7-9-11/h3-10,12H,2H2,1H3/b4-3+,7-5+,8-6+/t10-/m0/s1. The van der Waals surface area contributed by atoms with Gasteiger partial charge in [0.15, 0.2) is 0 Å². The fourth-order valence-electron chi connectivity index (χ4n) is 0.566. The van der Waals surface area contributed by atoms with E-state index in [2.05, 4.69) is 0 Å². The van der Waals surface area contributed by atoms with Gasteiger partial charge in [-0.3, -0.25) is 4.79 Å². The third-order valence-corrected chi connectivity index (χ3v) is 1.27. The van der Waals surface area contributed by atoms with Crippen molar-refractivity contribution in [3.63, 3.8) is 0 Å². The lowest BCUT2D eigenvalue weighted by atomic mass is 10.2. The number of hydrogen-bond acceptors (Lipinski definition) is 2. The van der Waals surface area contributed by atoms with Gasteiger partial charge in [0.25, 0.3) is 0 Å². The third kappa shape index (κ3) is 6.96. The molecule has 0 fully saturated rings. The Labute approximate surface area is 72.9 Å². The molecule has 2 heteroatoms. The lowest BCUT2D eigenvalue weighted by molar-refractivity contribution is -0.104. The second-order valence-corrected chi connectivity index (χ2v) is 2.27. The quantitative estimate of drug-likeness (QED) is 0.383. The van der Waals surface area contributed by atoms with Crippen molar-refractivity contribution in [2.45, 2.75) is 19.4 Å². The maximum Gasteiger partial charge on any atom is 0.142 e. The van der Waals surface area contributed by atoms with E-state index in [-0.39, 0.29) is 6.10 Å². The number of carbonyl (C=O) groups is 1. The van der Waals surface area contributed by atoms with Gasteiger partial charge in [0, 0.05) is 0 Å². The predicted molar refractivity (Wildman–Crippen MR) is 49.8 cm³/mol. The van der Waals surface area contributed by atoms with E-state index in [1.54, 1.807) is 30.4 Å². The van der Waals surface area contributed by atoms with Gasteiger partial charge in [-0.2, -0.15) is 0 Å². The van der Waals surface area contributed by atoms with E-state index in [1.807, 2.05) is 6.92 Å². The van der Waals surface area contributed by atoms with E-state index < -0.39 is 0 Å². The lowest BCUT2D eigenvalue weighted by Gasteiger charge is -1.95. The molecule has 0 aliphatic carbocycles. The summed E-state index contributed by atoms with van der Waals surface area (Å²) in [6.45, 7) is 1.91. The number of carbonyl (C=O) groups excluding carboxylic acids is 1. The Morgan fingerprint density at radius 3 is 2.33 bits per heavy atom. The SMILES string of the molecule is CC[C@H](O)/C=C/C=C/C=C/C=O. The highest BCUT2D eigenvalue weighted by molar-refractivity contribution is 5.65. The number of aliphatic hydroxyl groups excluding tert-OH is 1. The predicted octanol–water partition coefficient (Wildman–Crippen LogP) is 1.62. The Bertz CT molecular complexity index is 190. The lowest BCUT2D eigenvalue weighted by Crippen LogP contribution is -1.97. The van der Waals surface area contributed by atoms with Gasteiger partial charge < -0.3 is 5.11 Å². The summed E-state index contributed by atoms with van der Waals surface area (Å²) in [5, 5.41) is 9.07. The normalized spacial score (nSPS) is 14.8. The molecule has 0 heterocycles. The van der Waals surface area contributed by atoms with Gasteiger partial charge >= 0.3 is 0 Å². The summed E-state index contributed by atoms with van der Waals surface area (Å²) in [5.74, 6) is 0. The van der Waals surface area contributed by atoms with Crippen LogP contribution in [0, 0.1) is 0 Å². The van der Waals surface area contributed by atoms with Gasteiger partial charge in [-0.05, 0) is 12.5 Å². The molecule has 1 atom stereocenters. The topological polar surface area (TPSA) is 37.3 Å². The minimum atomic E-state index is -0.371. The summed E-state index contributed by atoms with van der Waals surface area (Å²) in [6, 6.07) is 0. The highest BCUT2D eigenvalue weighted by atomic mass is 16.3. The molecule has 0 bridgehead atoms. The Hall–Kier alpha value is -1.15. The first kappa shape index (κ1) is 10.8. The maximum absolute atomic E-state index is 9.81. The number of rotatable bonds is 5. The van der Waals surface area contributed by atoms with E-state index in [0.29, 0.717) is 6.42 Å². The third-order valence-electron chi connectivity index (χ3n) is 1.27. The van der Waals surface area contributed by atoms with Gasteiger partial charge in [0.1, 0.15) is 6.29 Å². The molecular formula is C10H14O2. The molecule has 0 spiro atoms. The first-order valence-corrected chi connectivity index (χ1v) is 3.94. The van der Waals surface area contributed by atoms with Crippen molar-refractivity contribution in [1.82, 2.24) is 0 Å². The van der Waals surface area contributed by atoms with Gasteiger partial charge in [-0.25, -0.2) is 0 Å². The van der Waals surface area contributed by atoms with Crippen molar-refractivity contribution < 1.29 is 9.90 Å². The molecule has 0 amide bonds. The maximum atomic E-state index is 9.81. The molecule has 0 aromatic rings. The fourth-order valence-corrected chi connectivity index (χ4v) is 0.566. The number of allylic oxidation sites excluding steroid dienone is 5. The second-order valence-electron chi connectivity index (χ2n) is 2.27. The second kappa shape index (κ2) is 7.95. The number of aldehydes is 1. The van der Waals surface area contributed by atoms with Crippen LogP contribution >= 0.6 is 0 Å². The van der Waals surface area contributed by atoms with Crippen LogP contribution in [-0.4, -0.2) is 17.5 Å². The minimum Gasteiger partial charge on any atom is -0.389 e. The molecule has 2 nitrogen and oxygen atoms in total. The zero-order chi connectivity index (χ0) is 9.23. The molecule has 0 rings (SSSR count). The van der Waals surface area contributed by atoms with E-state index in [0.717, 1.165) is 6.29 Å². The van der Waals surface area contributed by atoms with Crippen molar-refractivity contribution in [3.05, 3.63) is 36.5 Å². The number of hydrogen-bond donors (Lipinski definition) is 1. The summed E-state index contributed by atoms with van der Waals surface area (Å²) >= 11 is 0. The van der Waals surface area contributed by atoms with Crippen molar-refractivity contribution in [2.75, 3.05) is 0 Å². The first-order valence-electron chi connectivity index (χ1n) is 3.94. The molecule has 0 aliphatic rings. The highest BCUT2D eigenvalue weighted by Gasteiger charge is 1.88. The van der Waals surface area contributed by atoms with Gasteiger partial charge in [0.05, 0.1) is 6.10 Å². The monoisotopic (exact) mass is 166 g/mol. The Kier molecular flexibility index (Phi) is 7.19. The van der Waals surface area contributed by atoms with Crippen LogP contribution in [0.2, 0.25) is 0 Å². The summed E-state index contributed by atoms with van der Waals surface area (Å²) in [7, 11) is 0. The van der Waals surface area contributed by atoms with Gasteiger partial charge in [-0.1, -0.05) is 37.3 Å².